The van der Waals surface area contributed by atoms with Gasteiger partial charge in [0.1, 0.15) is 17.4 Å². The summed E-state index contributed by atoms with van der Waals surface area (Å²) in [5.74, 6) is 2.74. The zero-order chi connectivity index (χ0) is 22.5. The normalized spacial score (nSPS) is 19.0. The molecule has 168 valence electrons. The number of pyridine rings is 1. The van der Waals surface area contributed by atoms with Gasteiger partial charge in [0, 0.05) is 36.1 Å². The van der Waals surface area contributed by atoms with Crippen molar-refractivity contribution in [1.82, 2.24) is 19.9 Å². The molecule has 4 rings (SSSR count). The lowest BCUT2D eigenvalue weighted by Crippen LogP contribution is -2.39. The van der Waals surface area contributed by atoms with Crippen molar-refractivity contribution in [2.75, 3.05) is 32.6 Å². The summed E-state index contributed by atoms with van der Waals surface area (Å²) in [4.78, 5) is 26.2. The van der Waals surface area contributed by atoms with E-state index in [0.29, 0.717) is 17.8 Å². The van der Waals surface area contributed by atoms with E-state index in [1.165, 1.54) is 24.5 Å². The molecule has 7 nitrogen and oxygen atoms in total. The molecule has 2 N–H and O–H groups in total. The number of hydrogen-bond acceptors (Lipinski definition) is 6. The van der Waals surface area contributed by atoms with E-state index in [2.05, 4.69) is 44.3 Å². The van der Waals surface area contributed by atoms with Crippen molar-refractivity contribution in [2.45, 2.75) is 32.2 Å². The van der Waals surface area contributed by atoms with Crippen molar-refractivity contribution in [3.05, 3.63) is 70.3 Å². The van der Waals surface area contributed by atoms with Crippen LogP contribution in [-0.4, -0.2) is 47.1 Å². The molecule has 2 aromatic heterocycles. The minimum atomic E-state index is -0.139. The van der Waals surface area contributed by atoms with Gasteiger partial charge in [0.15, 0.2) is 0 Å². The molecule has 32 heavy (non-hydrogen) atoms. The number of anilines is 1. The van der Waals surface area contributed by atoms with Gasteiger partial charge in [-0.25, -0.2) is 9.97 Å². The number of rotatable bonds is 7. The van der Waals surface area contributed by atoms with Gasteiger partial charge in [-0.05, 0) is 68.6 Å². The molecule has 3 heterocycles. The molecule has 0 spiro atoms. The molecule has 7 heteroatoms. The Hall–Kier alpha value is -3.19. The van der Waals surface area contributed by atoms with Gasteiger partial charge in [-0.1, -0.05) is 19.1 Å². The van der Waals surface area contributed by atoms with Crippen molar-refractivity contribution >= 4 is 5.82 Å². The third kappa shape index (κ3) is 4.99. The summed E-state index contributed by atoms with van der Waals surface area (Å²) in [5, 5.41) is 3.52. The molecule has 0 aliphatic carbocycles. The number of aryl methyl sites for hydroxylation is 1. The monoisotopic (exact) mass is 433 g/mol. The van der Waals surface area contributed by atoms with E-state index in [0.717, 1.165) is 42.3 Å². The van der Waals surface area contributed by atoms with E-state index in [-0.39, 0.29) is 5.56 Å². The minimum absolute atomic E-state index is 0.139. The van der Waals surface area contributed by atoms with E-state index in [1.54, 1.807) is 13.3 Å². The Morgan fingerprint density at radius 1 is 1.22 bits per heavy atom. The average molecular weight is 434 g/mol. The van der Waals surface area contributed by atoms with Gasteiger partial charge >= 0.3 is 0 Å². The van der Waals surface area contributed by atoms with Crippen molar-refractivity contribution in [2.24, 2.45) is 5.92 Å². The zero-order valence-corrected chi connectivity index (χ0v) is 19.0. The maximum absolute atomic E-state index is 11.9. The largest absolute Gasteiger partial charge is 0.497 e. The maximum Gasteiger partial charge on any atom is 0.251 e. The van der Waals surface area contributed by atoms with Crippen LogP contribution in [0.2, 0.25) is 0 Å². The highest BCUT2D eigenvalue weighted by Gasteiger charge is 2.30. The van der Waals surface area contributed by atoms with Crippen LogP contribution < -0.4 is 15.6 Å². The topological polar surface area (TPSA) is 83.1 Å². The Balaban J connectivity index is 1.45. The third-order valence-corrected chi connectivity index (χ3v) is 6.20. The number of piperidine rings is 1. The molecule has 1 aliphatic heterocycles. The first-order chi connectivity index (χ1) is 15.6. The van der Waals surface area contributed by atoms with E-state index >= 15 is 0 Å². The number of H-pyrrole nitrogens is 1. The van der Waals surface area contributed by atoms with Gasteiger partial charge in [0.2, 0.25) is 0 Å². The van der Waals surface area contributed by atoms with Gasteiger partial charge < -0.3 is 15.0 Å². The number of aromatic amines is 1. The number of nitrogens with one attached hydrogen (secondary N) is 2. The molecule has 2 unspecified atom stereocenters. The van der Waals surface area contributed by atoms with Crippen LogP contribution in [0, 0.1) is 5.92 Å². The highest BCUT2D eigenvalue weighted by atomic mass is 16.5. The fourth-order valence-corrected chi connectivity index (χ4v) is 4.50. The van der Waals surface area contributed by atoms with E-state index in [1.807, 2.05) is 31.2 Å². The maximum atomic E-state index is 11.9. The fourth-order valence-electron chi connectivity index (χ4n) is 4.50. The van der Waals surface area contributed by atoms with E-state index in [9.17, 15) is 4.79 Å². The Kier molecular flexibility index (Phi) is 6.85. The van der Waals surface area contributed by atoms with Crippen LogP contribution in [0.25, 0.3) is 11.4 Å². The van der Waals surface area contributed by atoms with E-state index < -0.39 is 0 Å². The number of ether oxygens (including phenoxy) is 1. The summed E-state index contributed by atoms with van der Waals surface area (Å²) in [6, 6.07) is 14.2. The smallest absolute Gasteiger partial charge is 0.251 e. The van der Waals surface area contributed by atoms with Gasteiger partial charge in [-0.15, -0.1) is 0 Å². The van der Waals surface area contributed by atoms with Crippen LogP contribution in [0.4, 0.5) is 5.82 Å². The lowest BCUT2D eigenvalue weighted by molar-refractivity contribution is 0.128. The predicted molar refractivity (Wildman–Crippen MR) is 127 cm³/mol. The molecule has 0 radical (unpaired) electrons. The molecular weight excluding hydrogens is 402 g/mol. The molecule has 0 amide bonds. The minimum Gasteiger partial charge on any atom is -0.497 e. The number of benzene rings is 1. The first kappa shape index (κ1) is 22.0. The zero-order valence-electron chi connectivity index (χ0n) is 19.0. The number of nitrogens with zero attached hydrogens (tertiary/aromatic N) is 3. The number of likely N-dealkylation sites (tertiary alicyclic amines) is 1. The van der Waals surface area contributed by atoms with Crippen molar-refractivity contribution in [3.8, 4) is 17.1 Å². The van der Waals surface area contributed by atoms with Crippen LogP contribution in [0.1, 0.15) is 37.1 Å². The number of methoxy groups -OCH3 is 1. The second-order valence-electron chi connectivity index (χ2n) is 8.35. The summed E-state index contributed by atoms with van der Waals surface area (Å²) in [7, 11) is 3.90. The van der Waals surface area contributed by atoms with Gasteiger partial charge in [-0.3, -0.25) is 9.69 Å². The molecule has 0 bridgehead atoms. The summed E-state index contributed by atoms with van der Waals surface area (Å²) in [5.41, 5.74) is 2.75. The van der Waals surface area contributed by atoms with Gasteiger partial charge in [-0.2, -0.15) is 0 Å². The van der Waals surface area contributed by atoms with Crippen LogP contribution >= 0.6 is 0 Å². The number of hydrogen-bond donors (Lipinski definition) is 2. The summed E-state index contributed by atoms with van der Waals surface area (Å²) < 4.78 is 5.32. The fraction of sp³-hybridized carbons (Fsp3) is 0.400. The second-order valence-corrected chi connectivity index (χ2v) is 8.35. The van der Waals surface area contributed by atoms with Crippen molar-refractivity contribution < 1.29 is 4.74 Å². The summed E-state index contributed by atoms with van der Waals surface area (Å²) in [6.07, 6.45) is 4.83. The Labute approximate surface area is 188 Å². The van der Waals surface area contributed by atoms with Crippen LogP contribution in [0.15, 0.2) is 53.5 Å². The predicted octanol–water partition coefficient (Wildman–Crippen LogP) is 3.90. The first-order valence-electron chi connectivity index (χ1n) is 11.2. The highest BCUT2D eigenvalue weighted by Crippen LogP contribution is 2.35. The number of aromatic nitrogens is 3. The lowest BCUT2D eigenvalue weighted by Gasteiger charge is -2.39. The Bertz CT molecular complexity index is 1080. The molecule has 1 aromatic carbocycles. The standard InChI is InChI=1S/C25H31N5O2/c1-4-20-14-23(31)29-25(28-20)19-9-12-22(27-16-19)26-15-18-6-5-13-30(2)24(18)17-7-10-21(32-3)11-8-17/h7-12,14,16,18,24H,4-6,13,15H2,1-3H3,(H,26,27)(H,28,29,31). The van der Waals surface area contributed by atoms with Gasteiger partial charge in [0.25, 0.3) is 5.56 Å². The molecule has 0 saturated carbocycles. The summed E-state index contributed by atoms with van der Waals surface area (Å²) >= 11 is 0. The quantitative estimate of drug-likeness (QED) is 0.588. The molecule has 1 saturated heterocycles. The third-order valence-electron chi connectivity index (χ3n) is 6.20. The van der Waals surface area contributed by atoms with Crippen LogP contribution in [-0.2, 0) is 6.42 Å². The van der Waals surface area contributed by atoms with Crippen molar-refractivity contribution in [1.29, 1.82) is 0 Å². The average Bonchev–Trinajstić information content (AvgIpc) is 2.83. The molecule has 3 aromatic rings. The molecule has 2 atom stereocenters. The Morgan fingerprint density at radius 3 is 2.72 bits per heavy atom. The SMILES string of the molecule is CCc1cc(=O)[nH]c(-c2ccc(NCC3CCCN(C)C3c3ccc(OC)cc3)nc2)n1. The molecule has 1 aliphatic rings. The van der Waals surface area contributed by atoms with Crippen LogP contribution in [0.5, 0.6) is 5.75 Å². The van der Waals surface area contributed by atoms with Crippen LogP contribution in [0.3, 0.4) is 0 Å². The highest BCUT2D eigenvalue weighted by molar-refractivity contribution is 5.55. The van der Waals surface area contributed by atoms with Gasteiger partial charge in [0.05, 0.1) is 7.11 Å². The van der Waals surface area contributed by atoms with Crippen molar-refractivity contribution in [3.63, 3.8) is 0 Å². The first-order valence-corrected chi connectivity index (χ1v) is 11.2. The molecule has 1 fully saturated rings. The summed E-state index contributed by atoms with van der Waals surface area (Å²) in [6.45, 7) is 3.93. The lowest BCUT2D eigenvalue weighted by atomic mass is 9.85. The second kappa shape index (κ2) is 9.96. The Morgan fingerprint density at radius 2 is 2.03 bits per heavy atom. The van der Waals surface area contributed by atoms with E-state index in [4.69, 9.17) is 4.74 Å². The molecular formula is C25H31N5O2.